The largest absolute Gasteiger partial charge is 0.335 e. The van der Waals surface area contributed by atoms with Gasteiger partial charge in [-0.05, 0) is 47.5 Å². The molecule has 0 N–H and O–H groups in total. The van der Waals surface area contributed by atoms with E-state index in [1.54, 1.807) is 17.0 Å². The van der Waals surface area contributed by atoms with Crippen LogP contribution in [0, 0.1) is 6.92 Å². The summed E-state index contributed by atoms with van der Waals surface area (Å²) in [6.07, 6.45) is 0. The van der Waals surface area contributed by atoms with Crippen LogP contribution in [-0.2, 0) is 10.0 Å². The molecule has 5 nitrogen and oxygen atoms in total. The molecule has 0 bridgehead atoms. The Balaban J connectivity index is 1.68. The van der Waals surface area contributed by atoms with E-state index in [1.807, 2.05) is 30.5 Å². The molecule has 1 aliphatic rings. The lowest BCUT2D eigenvalue weighted by Crippen LogP contribution is -2.50. The van der Waals surface area contributed by atoms with Gasteiger partial charge in [0.05, 0.1) is 9.77 Å². The normalized spacial score (nSPS) is 16.2. The molecule has 2 aromatic rings. The van der Waals surface area contributed by atoms with Gasteiger partial charge in [-0.25, -0.2) is 8.42 Å². The summed E-state index contributed by atoms with van der Waals surface area (Å²) in [6, 6.07) is 9.03. The number of sulfonamides is 1. The molecule has 1 amide bonds. The number of piperazine rings is 1. The van der Waals surface area contributed by atoms with Crippen LogP contribution in [0.15, 0.2) is 40.6 Å². The third kappa shape index (κ3) is 3.70. The Kier molecular flexibility index (Phi) is 5.50. The zero-order chi connectivity index (χ0) is 18.9. The summed E-state index contributed by atoms with van der Waals surface area (Å²) in [5, 5.41) is 1.91. The lowest BCUT2D eigenvalue weighted by Gasteiger charge is -2.34. The first kappa shape index (κ1) is 19.1. The summed E-state index contributed by atoms with van der Waals surface area (Å²) in [4.78, 5) is 15.4. The zero-order valence-electron chi connectivity index (χ0n) is 15.3. The van der Waals surface area contributed by atoms with Crippen LogP contribution < -0.4 is 0 Å². The van der Waals surface area contributed by atoms with Gasteiger partial charge in [-0.3, -0.25) is 4.79 Å². The van der Waals surface area contributed by atoms with E-state index in [2.05, 4.69) is 13.8 Å². The van der Waals surface area contributed by atoms with E-state index in [0.717, 1.165) is 16.0 Å². The average Bonchev–Trinajstić information content (AvgIpc) is 3.07. The van der Waals surface area contributed by atoms with Crippen molar-refractivity contribution in [3.05, 3.63) is 51.7 Å². The second-order valence-corrected chi connectivity index (χ2v) is 9.71. The standard InChI is InChI=1S/C19H24N2O3S2/c1-14(2)16-4-6-17(7-5-16)26(23,24)21-11-9-20(10-12-21)19(22)18-15(3)8-13-25-18/h4-8,13-14H,9-12H2,1-3H3. The Morgan fingerprint density at radius 2 is 1.65 bits per heavy atom. The molecule has 26 heavy (non-hydrogen) atoms. The fraction of sp³-hybridized carbons (Fsp3) is 0.421. The van der Waals surface area contributed by atoms with Gasteiger partial charge in [0.25, 0.3) is 5.91 Å². The van der Waals surface area contributed by atoms with Crippen molar-refractivity contribution in [3.63, 3.8) is 0 Å². The van der Waals surface area contributed by atoms with Crippen LogP contribution in [0.2, 0.25) is 0 Å². The van der Waals surface area contributed by atoms with Crippen LogP contribution in [0.4, 0.5) is 0 Å². The number of aryl methyl sites for hydroxylation is 1. The van der Waals surface area contributed by atoms with Crippen molar-refractivity contribution in [1.82, 2.24) is 9.21 Å². The SMILES string of the molecule is Cc1ccsc1C(=O)N1CCN(S(=O)(=O)c2ccc(C(C)C)cc2)CC1. The Labute approximate surface area is 159 Å². The summed E-state index contributed by atoms with van der Waals surface area (Å²) in [5.74, 6) is 0.359. The maximum Gasteiger partial charge on any atom is 0.264 e. The van der Waals surface area contributed by atoms with Gasteiger partial charge >= 0.3 is 0 Å². The van der Waals surface area contributed by atoms with Gasteiger partial charge in [0.1, 0.15) is 0 Å². The molecule has 7 heteroatoms. The van der Waals surface area contributed by atoms with Crippen molar-refractivity contribution in [3.8, 4) is 0 Å². The number of hydrogen-bond acceptors (Lipinski definition) is 4. The molecule has 0 atom stereocenters. The number of amides is 1. The highest BCUT2D eigenvalue weighted by Gasteiger charge is 2.31. The smallest absolute Gasteiger partial charge is 0.264 e. The van der Waals surface area contributed by atoms with Crippen molar-refractivity contribution >= 4 is 27.3 Å². The first-order chi connectivity index (χ1) is 12.3. The van der Waals surface area contributed by atoms with Gasteiger partial charge in [0.2, 0.25) is 10.0 Å². The average molecular weight is 393 g/mol. The molecule has 0 spiro atoms. The van der Waals surface area contributed by atoms with Crippen LogP contribution >= 0.6 is 11.3 Å². The van der Waals surface area contributed by atoms with Gasteiger partial charge < -0.3 is 4.90 Å². The Morgan fingerprint density at radius 3 is 2.15 bits per heavy atom. The minimum atomic E-state index is -3.52. The monoisotopic (exact) mass is 392 g/mol. The minimum absolute atomic E-state index is 0.00386. The molecule has 2 heterocycles. The first-order valence-electron chi connectivity index (χ1n) is 8.74. The van der Waals surface area contributed by atoms with E-state index in [9.17, 15) is 13.2 Å². The second kappa shape index (κ2) is 7.50. The zero-order valence-corrected chi connectivity index (χ0v) is 16.9. The van der Waals surface area contributed by atoms with Gasteiger partial charge in [0.15, 0.2) is 0 Å². The number of nitrogens with zero attached hydrogens (tertiary/aromatic N) is 2. The first-order valence-corrected chi connectivity index (χ1v) is 11.1. The number of hydrogen-bond donors (Lipinski definition) is 0. The third-order valence-corrected chi connectivity index (χ3v) is 7.68. The molecule has 1 aromatic carbocycles. The van der Waals surface area contributed by atoms with Crippen molar-refractivity contribution < 1.29 is 13.2 Å². The lowest BCUT2D eigenvalue weighted by atomic mass is 10.0. The molecular formula is C19H24N2O3S2. The molecule has 0 saturated carbocycles. The van der Waals surface area contributed by atoms with E-state index in [-0.39, 0.29) is 5.91 Å². The van der Waals surface area contributed by atoms with Gasteiger partial charge in [-0.1, -0.05) is 26.0 Å². The molecule has 0 radical (unpaired) electrons. The molecule has 0 aliphatic carbocycles. The van der Waals surface area contributed by atoms with Crippen LogP contribution in [0.1, 0.15) is 40.6 Å². The van der Waals surface area contributed by atoms with Gasteiger partial charge in [-0.15, -0.1) is 11.3 Å². The quantitative estimate of drug-likeness (QED) is 0.802. The third-order valence-electron chi connectivity index (χ3n) is 4.77. The molecule has 0 unspecified atom stereocenters. The van der Waals surface area contributed by atoms with E-state index < -0.39 is 10.0 Å². The van der Waals surface area contributed by atoms with Crippen molar-refractivity contribution in [2.24, 2.45) is 0 Å². The van der Waals surface area contributed by atoms with Gasteiger partial charge in [-0.2, -0.15) is 4.31 Å². The predicted molar refractivity (Wildman–Crippen MR) is 104 cm³/mol. The highest BCUT2D eigenvalue weighted by atomic mass is 32.2. The number of carbonyl (C=O) groups excluding carboxylic acids is 1. The van der Waals surface area contributed by atoms with Gasteiger partial charge in [0, 0.05) is 26.2 Å². The summed E-state index contributed by atoms with van der Waals surface area (Å²) < 4.78 is 27.2. The Hall–Kier alpha value is -1.70. The molecule has 1 fully saturated rings. The highest BCUT2D eigenvalue weighted by Crippen LogP contribution is 2.23. The van der Waals surface area contributed by atoms with Crippen molar-refractivity contribution in [2.75, 3.05) is 26.2 Å². The number of benzene rings is 1. The number of carbonyl (C=O) groups is 1. The summed E-state index contributed by atoms with van der Waals surface area (Å²) >= 11 is 1.44. The lowest BCUT2D eigenvalue weighted by molar-refractivity contribution is 0.0702. The van der Waals surface area contributed by atoms with E-state index >= 15 is 0 Å². The van der Waals surface area contributed by atoms with Crippen molar-refractivity contribution in [1.29, 1.82) is 0 Å². The van der Waals surface area contributed by atoms with Crippen LogP contribution in [-0.4, -0.2) is 49.7 Å². The van der Waals surface area contributed by atoms with E-state index in [4.69, 9.17) is 0 Å². The Bertz CT molecular complexity index is 878. The maximum absolute atomic E-state index is 12.9. The molecule has 140 valence electrons. The topological polar surface area (TPSA) is 57.7 Å². The van der Waals surface area contributed by atoms with Crippen molar-refractivity contribution in [2.45, 2.75) is 31.6 Å². The van der Waals surface area contributed by atoms with Crippen LogP contribution in [0.5, 0.6) is 0 Å². The Morgan fingerprint density at radius 1 is 1.04 bits per heavy atom. The number of rotatable bonds is 4. The number of thiophene rings is 1. The molecule has 1 aromatic heterocycles. The van der Waals surface area contributed by atoms with E-state index in [1.165, 1.54) is 15.6 Å². The maximum atomic E-state index is 12.9. The summed E-state index contributed by atoms with van der Waals surface area (Å²) in [7, 11) is -3.52. The van der Waals surface area contributed by atoms with E-state index in [0.29, 0.717) is 37.0 Å². The summed E-state index contributed by atoms with van der Waals surface area (Å²) in [5.41, 5.74) is 2.09. The minimum Gasteiger partial charge on any atom is -0.335 e. The fourth-order valence-electron chi connectivity index (χ4n) is 3.04. The molecule has 1 aliphatic heterocycles. The van der Waals surface area contributed by atoms with Crippen LogP contribution in [0.3, 0.4) is 0 Å². The summed E-state index contributed by atoms with van der Waals surface area (Å²) in [6.45, 7) is 7.56. The predicted octanol–water partition coefficient (Wildman–Crippen LogP) is 3.33. The molecule has 3 rings (SSSR count). The molecule has 1 saturated heterocycles. The highest BCUT2D eigenvalue weighted by molar-refractivity contribution is 7.89. The van der Waals surface area contributed by atoms with Crippen LogP contribution in [0.25, 0.3) is 0 Å². The fourth-order valence-corrected chi connectivity index (χ4v) is 5.36. The molecular weight excluding hydrogens is 368 g/mol. The second-order valence-electron chi connectivity index (χ2n) is 6.85.